The van der Waals surface area contributed by atoms with E-state index in [2.05, 4.69) is 5.32 Å². The van der Waals surface area contributed by atoms with Gasteiger partial charge in [-0.2, -0.15) is 0 Å². The van der Waals surface area contributed by atoms with Gasteiger partial charge >= 0.3 is 0 Å². The Morgan fingerprint density at radius 2 is 1.53 bits per heavy atom. The summed E-state index contributed by atoms with van der Waals surface area (Å²) in [6, 6.07) is 17.1. The van der Waals surface area contributed by atoms with Gasteiger partial charge in [0.15, 0.2) is 11.5 Å². The van der Waals surface area contributed by atoms with Crippen molar-refractivity contribution in [3.63, 3.8) is 0 Å². The van der Waals surface area contributed by atoms with Crippen molar-refractivity contribution in [2.75, 3.05) is 32.2 Å². The van der Waals surface area contributed by atoms with Crippen molar-refractivity contribution in [1.29, 1.82) is 0 Å². The maximum absolute atomic E-state index is 14.3. The minimum Gasteiger partial charge on any atom is -0.495 e. The van der Waals surface area contributed by atoms with Gasteiger partial charge < -0.3 is 24.4 Å². The van der Waals surface area contributed by atoms with Crippen molar-refractivity contribution in [1.82, 2.24) is 10.2 Å². The predicted molar refractivity (Wildman–Crippen MR) is 174 cm³/mol. The molecule has 242 valence electrons. The highest BCUT2D eigenvalue weighted by Gasteiger charge is 2.35. The molecule has 45 heavy (non-hydrogen) atoms. The lowest BCUT2D eigenvalue weighted by atomic mass is 9.95. The van der Waals surface area contributed by atoms with E-state index in [-0.39, 0.29) is 45.6 Å². The lowest BCUT2D eigenvalue weighted by molar-refractivity contribution is -0.139. The first-order valence-electron chi connectivity index (χ1n) is 14.8. The van der Waals surface area contributed by atoms with Gasteiger partial charge in [-0.1, -0.05) is 61.2 Å². The fourth-order valence-corrected chi connectivity index (χ4v) is 7.01. The first kappa shape index (κ1) is 33.9. The number of amides is 2. The number of nitrogens with one attached hydrogen (secondary N) is 1. The number of rotatable bonds is 13. The Balaban J connectivity index is 1.75. The van der Waals surface area contributed by atoms with Crippen LogP contribution < -0.4 is 23.8 Å². The van der Waals surface area contributed by atoms with Crippen LogP contribution in [0.15, 0.2) is 71.6 Å². The Kier molecular flexibility index (Phi) is 11.6. The highest BCUT2D eigenvalue weighted by Crippen LogP contribution is 2.37. The summed E-state index contributed by atoms with van der Waals surface area (Å²) in [6.45, 7) is 1.11. The molecule has 4 rings (SSSR count). The first-order chi connectivity index (χ1) is 21.6. The fraction of sp³-hybridized carbons (Fsp3) is 0.394. The molecule has 2 amide bonds. The van der Waals surface area contributed by atoms with E-state index in [1.54, 1.807) is 13.0 Å². The molecule has 3 aromatic carbocycles. The second-order valence-electron chi connectivity index (χ2n) is 10.9. The highest BCUT2D eigenvalue weighted by atomic mass is 35.5. The molecule has 0 spiro atoms. The van der Waals surface area contributed by atoms with Crippen LogP contribution in [0.2, 0.25) is 5.02 Å². The number of anilines is 1. The monoisotopic (exact) mass is 657 g/mol. The zero-order valence-electron chi connectivity index (χ0n) is 26.0. The molecule has 1 N–H and O–H groups in total. The second-order valence-corrected chi connectivity index (χ2v) is 13.2. The summed E-state index contributed by atoms with van der Waals surface area (Å²) in [4.78, 5) is 29.0. The molecule has 1 atom stereocenters. The molecule has 0 aliphatic heterocycles. The van der Waals surface area contributed by atoms with Gasteiger partial charge in [-0.25, -0.2) is 8.42 Å². The largest absolute Gasteiger partial charge is 0.495 e. The topological polar surface area (TPSA) is 114 Å². The van der Waals surface area contributed by atoms with Crippen LogP contribution in [0.1, 0.15) is 44.6 Å². The van der Waals surface area contributed by atoms with Crippen LogP contribution in [0.5, 0.6) is 17.2 Å². The third-order valence-corrected chi connectivity index (χ3v) is 9.94. The average molecular weight is 658 g/mol. The Morgan fingerprint density at radius 3 is 2.18 bits per heavy atom. The number of carbonyl (C=O) groups excluding carboxylic acids is 2. The molecular weight excluding hydrogens is 618 g/mol. The quantitative estimate of drug-likeness (QED) is 0.261. The van der Waals surface area contributed by atoms with Gasteiger partial charge in [0.05, 0.1) is 31.9 Å². The van der Waals surface area contributed by atoms with Crippen molar-refractivity contribution >= 4 is 39.1 Å². The maximum Gasteiger partial charge on any atom is 0.265 e. The minimum atomic E-state index is -4.42. The van der Waals surface area contributed by atoms with Crippen LogP contribution in [-0.4, -0.2) is 65.1 Å². The Labute approximate surface area is 270 Å². The van der Waals surface area contributed by atoms with Gasteiger partial charge in [0.1, 0.15) is 18.3 Å². The summed E-state index contributed by atoms with van der Waals surface area (Å²) in [5, 5.41) is 3.34. The van der Waals surface area contributed by atoms with Gasteiger partial charge in [-0.05, 0) is 55.7 Å². The summed E-state index contributed by atoms with van der Waals surface area (Å²) in [5.41, 5.74) is 0.852. The van der Waals surface area contributed by atoms with E-state index in [4.69, 9.17) is 25.8 Å². The molecule has 1 aliphatic rings. The molecule has 0 heterocycles. The van der Waals surface area contributed by atoms with Crippen molar-refractivity contribution in [3.8, 4) is 17.2 Å². The molecule has 0 aromatic heterocycles. The third-order valence-electron chi connectivity index (χ3n) is 7.95. The fourth-order valence-electron chi connectivity index (χ4n) is 5.41. The summed E-state index contributed by atoms with van der Waals surface area (Å²) in [5.74, 6) is -0.154. The van der Waals surface area contributed by atoms with Crippen LogP contribution in [0.4, 0.5) is 5.69 Å². The van der Waals surface area contributed by atoms with Gasteiger partial charge in [-0.15, -0.1) is 0 Å². The van der Waals surface area contributed by atoms with E-state index in [0.717, 1.165) is 42.0 Å². The second kappa shape index (κ2) is 15.4. The van der Waals surface area contributed by atoms with Crippen molar-refractivity contribution in [2.24, 2.45) is 0 Å². The van der Waals surface area contributed by atoms with Crippen LogP contribution in [0, 0.1) is 0 Å². The number of ether oxygens (including phenoxy) is 3. The lowest BCUT2D eigenvalue weighted by Crippen LogP contribution is -2.53. The normalized spacial score (nSPS) is 14.2. The molecule has 10 nitrogen and oxygen atoms in total. The highest BCUT2D eigenvalue weighted by molar-refractivity contribution is 7.92. The molecule has 12 heteroatoms. The Bertz CT molecular complexity index is 1580. The number of sulfonamides is 1. The minimum absolute atomic E-state index is 0.0417. The van der Waals surface area contributed by atoms with Crippen LogP contribution >= 0.6 is 11.6 Å². The van der Waals surface area contributed by atoms with Gasteiger partial charge in [0, 0.05) is 23.7 Å². The number of methoxy groups -OCH3 is 3. The molecule has 1 aliphatic carbocycles. The molecule has 0 saturated heterocycles. The Hall–Kier alpha value is -3.96. The van der Waals surface area contributed by atoms with Gasteiger partial charge in [-0.3, -0.25) is 13.9 Å². The van der Waals surface area contributed by atoms with E-state index < -0.39 is 28.5 Å². The van der Waals surface area contributed by atoms with Crippen LogP contribution in [0.25, 0.3) is 0 Å². The molecule has 0 bridgehead atoms. The molecule has 0 unspecified atom stereocenters. The van der Waals surface area contributed by atoms with Crippen LogP contribution in [-0.2, 0) is 26.2 Å². The first-order valence-corrected chi connectivity index (χ1v) is 16.6. The Morgan fingerprint density at radius 1 is 0.889 bits per heavy atom. The van der Waals surface area contributed by atoms with Gasteiger partial charge in [0.2, 0.25) is 11.8 Å². The van der Waals surface area contributed by atoms with E-state index >= 15 is 0 Å². The summed E-state index contributed by atoms with van der Waals surface area (Å²) >= 11 is 6.33. The predicted octanol–water partition coefficient (Wildman–Crippen LogP) is 5.43. The number of benzene rings is 3. The number of halogens is 1. The SMILES string of the molecule is COc1ccc(S(=O)(=O)N(CC(=O)N(Cc2ccccc2)[C@H](C)C(=O)NC2CCCCC2)c2cc(Cl)ccc2OC)cc1OC. The molecule has 1 fully saturated rings. The van der Waals surface area contributed by atoms with E-state index in [9.17, 15) is 18.0 Å². The zero-order chi connectivity index (χ0) is 32.6. The van der Waals surface area contributed by atoms with E-state index in [1.807, 2.05) is 30.3 Å². The molecule has 3 aromatic rings. The summed E-state index contributed by atoms with van der Waals surface area (Å²) in [6.07, 6.45) is 4.98. The van der Waals surface area contributed by atoms with Gasteiger partial charge in [0.25, 0.3) is 10.0 Å². The molecule has 0 radical (unpaired) electrons. The number of hydrogen-bond donors (Lipinski definition) is 1. The zero-order valence-corrected chi connectivity index (χ0v) is 27.6. The van der Waals surface area contributed by atoms with E-state index in [1.165, 1.54) is 56.6 Å². The smallest absolute Gasteiger partial charge is 0.265 e. The lowest BCUT2D eigenvalue weighted by Gasteiger charge is -2.33. The van der Waals surface area contributed by atoms with Crippen molar-refractivity contribution < 1.29 is 32.2 Å². The third kappa shape index (κ3) is 8.20. The summed E-state index contributed by atoms with van der Waals surface area (Å²) < 4.78 is 45.8. The van der Waals surface area contributed by atoms with Crippen LogP contribution in [0.3, 0.4) is 0 Å². The standard InChI is InChI=1S/C33H40ClN3O7S/c1-23(33(39)35-26-13-9-6-10-14-26)36(21-24-11-7-5-8-12-24)32(38)22-37(28-19-25(34)15-17-29(28)42-2)45(40,41)27-16-18-30(43-3)31(20-27)44-4/h5,7-8,11-12,15-20,23,26H,6,9-10,13-14,21-22H2,1-4H3,(H,35,39)/t23-/m1/s1. The van der Waals surface area contributed by atoms with E-state index in [0.29, 0.717) is 5.75 Å². The number of carbonyl (C=O) groups is 2. The number of nitrogens with zero attached hydrogens (tertiary/aromatic N) is 2. The summed E-state index contributed by atoms with van der Waals surface area (Å²) in [7, 11) is -0.177. The van der Waals surface area contributed by atoms with Crippen molar-refractivity contribution in [2.45, 2.75) is 62.6 Å². The molecular formula is C33H40ClN3O7S. The number of hydrogen-bond acceptors (Lipinski definition) is 7. The molecule has 1 saturated carbocycles. The van der Waals surface area contributed by atoms with Crippen molar-refractivity contribution in [3.05, 3.63) is 77.3 Å². The average Bonchev–Trinajstić information content (AvgIpc) is 3.06. The maximum atomic E-state index is 14.3.